The van der Waals surface area contributed by atoms with E-state index in [2.05, 4.69) is 31.2 Å². The van der Waals surface area contributed by atoms with Crippen molar-refractivity contribution in [3.05, 3.63) is 40.8 Å². The molecule has 0 unspecified atom stereocenters. The quantitative estimate of drug-likeness (QED) is 0.428. The van der Waals surface area contributed by atoms with Crippen molar-refractivity contribution in [2.75, 3.05) is 43.9 Å². The molecule has 0 spiro atoms. The second-order valence-corrected chi connectivity index (χ2v) is 7.64. The van der Waals surface area contributed by atoms with Crippen LogP contribution >= 0.6 is 24.0 Å². The first-order valence-electron chi connectivity index (χ1n) is 10.2. The molecule has 2 heterocycles. The number of carbonyl (C=O) groups excluding carboxylic acids is 1. The van der Waals surface area contributed by atoms with E-state index < -0.39 is 6.03 Å². The largest absolute Gasteiger partial charge is 0.495 e. The number of hydrogen-bond acceptors (Lipinski definition) is 7. The molecule has 172 valence electrons. The Labute approximate surface area is 198 Å². The van der Waals surface area contributed by atoms with E-state index in [9.17, 15) is 4.79 Å². The van der Waals surface area contributed by atoms with Crippen molar-refractivity contribution in [3.63, 3.8) is 0 Å². The molecule has 0 saturated carbocycles. The number of hydrogen-bond donors (Lipinski definition) is 4. The lowest BCUT2D eigenvalue weighted by Gasteiger charge is -2.22. The lowest BCUT2D eigenvalue weighted by Crippen LogP contribution is -2.34. The first kappa shape index (κ1) is 25.6. The number of methoxy groups -OCH3 is 1. The summed E-state index contributed by atoms with van der Waals surface area (Å²) in [5.74, 6) is 1.28. The molecule has 9 nitrogen and oxygen atoms in total. The van der Waals surface area contributed by atoms with E-state index in [1.165, 1.54) is 32.3 Å². The molecule has 4 N–H and O–H groups in total. The van der Waals surface area contributed by atoms with Crippen LogP contribution in [0.5, 0.6) is 5.75 Å². The highest BCUT2D eigenvalue weighted by molar-refractivity contribution is 6.31. The van der Waals surface area contributed by atoms with Gasteiger partial charge in [0, 0.05) is 17.4 Å². The molecule has 1 aliphatic rings. The zero-order valence-electron chi connectivity index (χ0n) is 17.8. The number of urea groups is 1. The number of rotatable bonds is 8. The van der Waals surface area contributed by atoms with Gasteiger partial charge in [-0.25, -0.2) is 14.8 Å². The summed E-state index contributed by atoms with van der Waals surface area (Å²) in [6.45, 7) is 3.99. The highest BCUT2D eigenvalue weighted by Crippen LogP contribution is 2.31. The van der Waals surface area contributed by atoms with E-state index in [-0.39, 0.29) is 23.9 Å². The van der Waals surface area contributed by atoms with Gasteiger partial charge in [-0.2, -0.15) is 5.26 Å². The summed E-state index contributed by atoms with van der Waals surface area (Å²) in [5, 5.41) is 21.7. The lowest BCUT2D eigenvalue weighted by atomic mass is 9.98. The molecule has 3 rings (SSSR count). The summed E-state index contributed by atoms with van der Waals surface area (Å²) in [6, 6.07) is 4.78. The van der Waals surface area contributed by atoms with Gasteiger partial charge in [0.15, 0.2) is 11.5 Å². The Bertz CT molecular complexity index is 946. The van der Waals surface area contributed by atoms with Crippen LogP contribution in [0.2, 0.25) is 5.02 Å². The summed E-state index contributed by atoms with van der Waals surface area (Å²) < 4.78 is 5.43. The average molecular weight is 480 g/mol. The molecule has 0 aliphatic carbocycles. The molecular formula is C21H27Cl2N7O2. The first-order chi connectivity index (χ1) is 15.1. The zero-order valence-corrected chi connectivity index (χ0v) is 19.4. The van der Waals surface area contributed by atoms with Crippen molar-refractivity contribution in [3.8, 4) is 11.8 Å². The van der Waals surface area contributed by atoms with Gasteiger partial charge in [0.25, 0.3) is 0 Å². The molecule has 32 heavy (non-hydrogen) atoms. The minimum atomic E-state index is -0.581. The van der Waals surface area contributed by atoms with Crippen LogP contribution in [0.15, 0.2) is 24.5 Å². The van der Waals surface area contributed by atoms with Gasteiger partial charge >= 0.3 is 6.03 Å². The topological polar surface area (TPSA) is 124 Å². The number of amides is 2. The van der Waals surface area contributed by atoms with Gasteiger partial charge in [-0.1, -0.05) is 11.6 Å². The van der Waals surface area contributed by atoms with Crippen LogP contribution in [-0.4, -0.2) is 49.3 Å². The number of anilines is 2. The standard InChI is InChI=1S/C21H26ClN7O2.ClH/c1-31-19-10-15(4-7-25-13-14-2-5-24-6-3-14)16(22)11-17(19)28-21(30)29-20-18(12-23)26-8-9-27-20;/h8-11,14,24-25H,2-7,13H2,1H3,(H2,27,28,29,30);1H. The number of aromatic nitrogens is 2. The van der Waals surface area contributed by atoms with Gasteiger partial charge in [-0.15, -0.1) is 12.4 Å². The molecule has 1 aromatic heterocycles. The highest BCUT2D eigenvalue weighted by atomic mass is 35.5. The number of carbonyl (C=O) groups is 1. The molecule has 11 heteroatoms. The fourth-order valence-corrected chi connectivity index (χ4v) is 3.70. The third kappa shape index (κ3) is 7.21. The van der Waals surface area contributed by atoms with E-state index in [0.29, 0.717) is 22.4 Å². The average Bonchev–Trinajstić information content (AvgIpc) is 2.79. The number of halogens is 2. The maximum Gasteiger partial charge on any atom is 0.325 e. The molecule has 1 saturated heterocycles. The Balaban J connectivity index is 0.00000363. The van der Waals surface area contributed by atoms with Gasteiger partial charge in [-0.05, 0) is 69.1 Å². The molecule has 0 bridgehead atoms. The van der Waals surface area contributed by atoms with E-state index >= 15 is 0 Å². The van der Waals surface area contributed by atoms with Crippen LogP contribution in [-0.2, 0) is 6.42 Å². The molecule has 2 aromatic rings. The maximum absolute atomic E-state index is 12.4. The molecule has 0 radical (unpaired) electrons. The summed E-state index contributed by atoms with van der Waals surface area (Å²) in [6.07, 6.45) is 5.92. The second-order valence-electron chi connectivity index (χ2n) is 7.24. The molecule has 1 aromatic carbocycles. The van der Waals surface area contributed by atoms with Gasteiger partial charge in [0.05, 0.1) is 12.8 Å². The summed E-state index contributed by atoms with van der Waals surface area (Å²) in [5.41, 5.74) is 1.37. The zero-order chi connectivity index (χ0) is 22.1. The van der Waals surface area contributed by atoms with Crippen molar-refractivity contribution in [1.29, 1.82) is 5.26 Å². The normalized spacial score (nSPS) is 13.5. The monoisotopic (exact) mass is 479 g/mol. The van der Waals surface area contributed by atoms with Gasteiger partial charge in [-0.3, -0.25) is 5.32 Å². The van der Waals surface area contributed by atoms with E-state index in [1.54, 1.807) is 6.07 Å². The molecule has 1 aliphatic heterocycles. The van der Waals surface area contributed by atoms with Crippen LogP contribution < -0.4 is 26.0 Å². The van der Waals surface area contributed by atoms with Crippen molar-refractivity contribution in [2.24, 2.45) is 5.92 Å². The Hall–Kier alpha value is -2.64. The van der Waals surface area contributed by atoms with Gasteiger partial charge < -0.3 is 20.7 Å². The Morgan fingerprint density at radius 1 is 1.28 bits per heavy atom. The SMILES string of the molecule is COc1cc(CCNCC2CCNCC2)c(Cl)cc1NC(=O)Nc1nccnc1C#N.Cl. The Morgan fingerprint density at radius 2 is 2.03 bits per heavy atom. The minimum Gasteiger partial charge on any atom is -0.495 e. The fourth-order valence-electron chi connectivity index (χ4n) is 3.44. The molecule has 2 amide bonds. The highest BCUT2D eigenvalue weighted by Gasteiger charge is 2.15. The van der Waals surface area contributed by atoms with Gasteiger partial charge in [0.2, 0.25) is 0 Å². The molecule has 0 atom stereocenters. The number of nitrogens with one attached hydrogen (secondary N) is 4. The van der Waals surface area contributed by atoms with Gasteiger partial charge in [0.1, 0.15) is 11.8 Å². The summed E-state index contributed by atoms with van der Waals surface area (Å²) >= 11 is 6.45. The smallest absolute Gasteiger partial charge is 0.325 e. The van der Waals surface area contributed by atoms with Crippen molar-refractivity contribution >= 4 is 41.5 Å². The molecular weight excluding hydrogens is 453 g/mol. The predicted octanol–water partition coefficient (Wildman–Crippen LogP) is 3.21. The van der Waals surface area contributed by atoms with Crippen LogP contribution in [0, 0.1) is 17.2 Å². The Morgan fingerprint density at radius 3 is 2.75 bits per heavy atom. The molecule has 1 fully saturated rings. The van der Waals surface area contributed by atoms with E-state index in [1.807, 2.05) is 12.1 Å². The maximum atomic E-state index is 12.4. The number of ether oxygens (including phenoxy) is 1. The van der Waals surface area contributed by atoms with Crippen molar-refractivity contribution in [1.82, 2.24) is 20.6 Å². The fraction of sp³-hybridized carbons (Fsp3) is 0.429. The third-order valence-electron chi connectivity index (χ3n) is 5.12. The summed E-state index contributed by atoms with van der Waals surface area (Å²) in [4.78, 5) is 20.2. The number of piperidine rings is 1. The first-order valence-corrected chi connectivity index (χ1v) is 10.6. The predicted molar refractivity (Wildman–Crippen MR) is 127 cm³/mol. The lowest BCUT2D eigenvalue weighted by molar-refractivity contribution is 0.262. The number of nitrogens with zero attached hydrogens (tertiary/aromatic N) is 3. The third-order valence-corrected chi connectivity index (χ3v) is 5.47. The van der Waals surface area contributed by atoms with Crippen molar-refractivity contribution in [2.45, 2.75) is 19.3 Å². The second kappa shape index (κ2) is 13.0. The minimum absolute atomic E-state index is 0. The van der Waals surface area contributed by atoms with Crippen molar-refractivity contribution < 1.29 is 9.53 Å². The van der Waals surface area contributed by atoms with E-state index in [4.69, 9.17) is 21.6 Å². The Kier molecular flexibility index (Phi) is 10.4. The van der Waals surface area contributed by atoms with E-state index in [0.717, 1.165) is 38.2 Å². The number of benzene rings is 1. The van der Waals surface area contributed by atoms with Crippen LogP contribution in [0.1, 0.15) is 24.1 Å². The van der Waals surface area contributed by atoms with Crippen LogP contribution in [0.25, 0.3) is 0 Å². The number of nitriles is 1. The summed E-state index contributed by atoms with van der Waals surface area (Å²) in [7, 11) is 1.53. The van der Waals surface area contributed by atoms with Crippen LogP contribution in [0.3, 0.4) is 0 Å². The van der Waals surface area contributed by atoms with Crippen LogP contribution in [0.4, 0.5) is 16.3 Å².